The average Bonchev–Trinajstić information content (AvgIpc) is 3.68. The summed E-state index contributed by atoms with van der Waals surface area (Å²) >= 11 is 0. The first-order valence-electron chi connectivity index (χ1n) is 22.2. The number of benzene rings is 10. The second-order valence-corrected chi connectivity index (χ2v) is 17.2. The van der Waals surface area contributed by atoms with Gasteiger partial charge in [0.25, 0.3) is 0 Å². The van der Waals surface area contributed by atoms with Gasteiger partial charge in [-0.1, -0.05) is 189 Å². The molecule has 1 heterocycles. The van der Waals surface area contributed by atoms with E-state index in [4.69, 9.17) is 0 Å². The fourth-order valence-electron chi connectivity index (χ4n) is 11.7. The van der Waals surface area contributed by atoms with Crippen molar-refractivity contribution < 1.29 is 0 Å². The number of anilines is 3. The fraction of sp³-hybridized carbons (Fsp3) is 0.0323. The summed E-state index contributed by atoms with van der Waals surface area (Å²) in [6.45, 7) is 6.53. The Morgan fingerprint density at radius 1 is 0.469 bits per heavy atom. The molecule has 0 saturated heterocycles. The number of hydrogen-bond acceptors (Lipinski definition) is 1. The van der Waals surface area contributed by atoms with Crippen LogP contribution >= 0.6 is 0 Å². The lowest BCUT2D eigenvalue weighted by Gasteiger charge is -2.46. The molecular weight excluding hydrogens is 773 g/mol. The first-order chi connectivity index (χ1) is 31.7. The van der Waals surface area contributed by atoms with Gasteiger partial charge in [-0.25, -0.2) is 0 Å². The molecule has 64 heavy (non-hydrogen) atoms. The number of rotatable bonds is 5. The zero-order chi connectivity index (χ0) is 42.5. The van der Waals surface area contributed by atoms with E-state index in [-0.39, 0.29) is 0 Å². The Balaban J connectivity index is 1.17. The van der Waals surface area contributed by atoms with Crippen LogP contribution in [0, 0.1) is 0 Å². The van der Waals surface area contributed by atoms with Gasteiger partial charge in [0, 0.05) is 32.9 Å². The maximum absolute atomic E-state index is 4.15. The first-order valence-corrected chi connectivity index (χ1v) is 22.2. The molecule has 1 spiro atoms. The van der Waals surface area contributed by atoms with Crippen LogP contribution in [0.2, 0.25) is 0 Å². The van der Waals surface area contributed by atoms with Crippen LogP contribution in [0.3, 0.4) is 0 Å². The van der Waals surface area contributed by atoms with E-state index in [0.29, 0.717) is 0 Å². The van der Waals surface area contributed by atoms with Gasteiger partial charge in [0.1, 0.15) is 0 Å². The summed E-state index contributed by atoms with van der Waals surface area (Å²) in [6.07, 6.45) is 4.09. The van der Waals surface area contributed by atoms with Crippen molar-refractivity contribution >= 4 is 72.1 Å². The topological polar surface area (TPSA) is 8.17 Å². The van der Waals surface area contributed by atoms with Crippen LogP contribution in [0.25, 0.3) is 82.9 Å². The van der Waals surface area contributed by atoms with Crippen LogP contribution < -0.4 is 15.3 Å². The predicted octanol–water partition coefficient (Wildman–Crippen LogP) is 14.7. The van der Waals surface area contributed by atoms with E-state index < -0.39 is 5.41 Å². The zero-order valence-corrected chi connectivity index (χ0v) is 35.5. The van der Waals surface area contributed by atoms with Gasteiger partial charge >= 0.3 is 0 Å². The molecule has 0 amide bonds. The minimum absolute atomic E-state index is 0.559. The summed E-state index contributed by atoms with van der Waals surface area (Å²) in [5.74, 6) is 0. The third-order valence-electron chi connectivity index (χ3n) is 14.2. The molecule has 2 aliphatic carbocycles. The van der Waals surface area contributed by atoms with Crippen LogP contribution in [0.1, 0.15) is 23.6 Å². The Kier molecular flexibility index (Phi) is 7.92. The van der Waals surface area contributed by atoms with E-state index in [1.54, 1.807) is 0 Å². The van der Waals surface area contributed by atoms with Crippen molar-refractivity contribution in [3.63, 3.8) is 0 Å². The monoisotopic (exact) mass is 814 g/mol. The molecule has 1 atom stereocenters. The van der Waals surface area contributed by atoms with Crippen molar-refractivity contribution in [2.45, 2.75) is 12.3 Å². The van der Waals surface area contributed by atoms with Gasteiger partial charge in [0.05, 0.1) is 27.8 Å². The molecule has 0 fully saturated rings. The summed E-state index contributed by atoms with van der Waals surface area (Å²) in [7, 11) is 0. The van der Waals surface area contributed by atoms with Crippen LogP contribution in [-0.4, -0.2) is 4.57 Å². The van der Waals surface area contributed by atoms with E-state index in [1.165, 1.54) is 98.3 Å². The van der Waals surface area contributed by atoms with Crippen molar-refractivity contribution in [1.82, 2.24) is 4.57 Å². The number of fused-ring (bicyclic) bond motifs is 12. The molecule has 0 saturated carbocycles. The van der Waals surface area contributed by atoms with E-state index in [0.717, 1.165) is 22.7 Å². The molecule has 0 bridgehead atoms. The molecule has 2 heteroatoms. The highest BCUT2D eigenvalue weighted by Crippen LogP contribution is 2.59. The lowest BCUT2D eigenvalue weighted by atomic mass is 9.56. The Morgan fingerprint density at radius 3 is 1.91 bits per heavy atom. The van der Waals surface area contributed by atoms with Crippen molar-refractivity contribution in [2.24, 2.45) is 0 Å². The summed E-state index contributed by atoms with van der Waals surface area (Å²) in [5.41, 5.74) is 16.6. The van der Waals surface area contributed by atoms with Gasteiger partial charge in [-0.15, -0.1) is 0 Å². The standard InChI is InChI=1S/C62H42N2/c1-3-18-42-21-15-28-50-46-25-9-12-30-53(46)62(40(2)60(42)50)54-31-13-10-26-47(54)51-37-38-58(52-29-17-32-55(62)61(51)52)64(56-34-16-20-41-19-7-8-24-45(41)56)44-35-36-49-48-27-11-14-33-57(48)63(59(49)39-44)43-22-5-4-6-23-43/h3-39H,1H2,2H3/b42-18-. The van der Waals surface area contributed by atoms with Crippen LogP contribution in [0.4, 0.5) is 17.1 Å². The minimum Gasteiger partial charge on any atom is -0.309 e. The van der Waals surface area contributed by atoms with Gasteiger partial charge in [0.2, 0.25) is 0 Å². The SMILES string of the molecule is C=C/C=c1/cccc2c1=C(C)C1(c3ccccc3-2)c2ccccc2-c2ccc(N(c3ccc4c5ccccc5n(-c5ccccc5)c4c3)c3cccc4ccccc34)c3cccc1c23. The number of para-hydroxylation sites is 2. The Hall–Kier alpha value is -8.20. The van der Waals surface area contributed by atoms with E-state index in [2.05, 4.69) is 241 Å². The molecule has 0 N–H and O–H groups in total. The molecule has 0 radical (unpaired) electrons. The molecular formula is C62H42N2. The van der Waals surface area contributed by atoms with Gasteiger partial charge in [0.15, 0.2) is 0 Å². The van der Waals surface area contributed by atoms with E-state index in [1.807, 2.05) is 6.08 Å². The van der Waals surface area contributed by atoms with E-state index >= 15 is 0 Å². The quantitative estimate of drug-likeness (QED) is 0.168. The third kappa shape index (κ3) is 4.91. The summed E-state index contributed by atoms with van der Waals surface area (Å²) in [6, 6.07) is 78.9. The maximum Gasteiger partial charge on any atom is 0.0686 e. The molecule has 2 nitrogen and oxygen atoms in total. The van der Waals surface area contributed by atoms with Gasteiger partial charge in [-0.05, 0) is 115 Å². The Morgan fingerprint density at radius 2 is 1.08 bits per heavy atom. The van der Waals surface area contributed by atoms with Crippen molar-refractivity contribution in [1.29, 1.82) is 0 Å². The molecule has 2 aliphatic rings. The largest absolute Gasteiger partial charge is 0.309 e. The molecule has 1 aromatic heterocycles. The minimum atomic E-state index is -0.559. The lowest BCUT2D eigenvalue weighted by molar-refractivity contribution is 0.788. The number of nitrogens with zero attached hydrogens (tertiary/aromatic N) is 2. The molecule has 0 aliphatic heterocycles. The molecule has 13 rings (SSSR count). The highest BCUT2D eigenvalue weighted by Gasteiger charge is 2.47. The predicted molar refractivity (Wildman–Crippen MR) is 271 cm³/mol. The Bertz CT molecular complexity index is 3880. The van der Waals surface area contributed by atoms with Crippen molar-refractivity contribution in [3.8, 4) is 27.9 Å². The number of hydrogen-bond donors (Lipinski definition) is 0. The van der Waals surface area contributed by atoms with Crippen LogP contribution in [0.15, 0.2) is 225 Å². The normalized spacial score (nSPS) is 15.1. The molecule has 11 aromatic rings. The van der Waals surface area contributed by atoms with Gasteiger partial charge in [-0.2, -0.15) is 0 Å². The van der Waals surface area contributed by atoms with Gasteiger partial charge in [-0.3, -0.25) is 0 Å². The Labute approximate surface area is 372 Å². The average molecular weight is 815 g/mol. The number of allylic oxidation sites excluding steroid dienone is 1. The molecule has 1 unspecified atom stereocenters. The fourth-order valence-corrected chi connectivity index (χ4v) is 11.7. The summed E-state index contributed by atoms with van der Waals surface area (Å²) in [5, 5.41) is 9.84. The van der Waals surface area contributed by atoms with E-state index in [9.17, 15) is 0 Å². The van der Waals surface area contributed by atoms with Gasteiger partial charge < -0.3 is 9.47 Å². The molecule has 10 aromatic carbocycles. The summed E-state index contributed by atoms with van der Waals surface area (Å²) < 4.78 is 2.42. The smallest absolute Gasteiger partial charge is 0.0686 e. The third-order valence-corrected chi connectivity index (χ3v) is 14.2. The zero-order valence-electron chi connectivity index (χ0n) is 35.5. The summed E-state index contributed by atoms with van der Waals surface area (Å²) in [4.78, 5) is 2.52. The second-order valence-electron chi connectivity index (χ2n) is 17.2. The number of aromatic nitrogens is 1. The van der Waals surface area contributed by atoms with Crippen molar-refractivity contribution in [2.75, 3.05) is 4.90 Å². The highest BCUT2D eigenvalue weighted by molar-refractivity contribution is 6.15. The lowest BCUT2D eigenvalue weighted by Crippen LogP contribution is -2.43. The van der Waals surface area contributed by atoms with Crippen molar-refractivity contribution in [3.05, 3.63) is 252 Å². The molecule has 300 valence electrons. The maximum atomic E-state index is 4.15. The first kappa shape index (κ1) is 36.5. The van der Waals surface area contributed by atoms with Crippen LogP contribution in [0.5, 0.6) is 0 Å². The highest BCUT2D eigenvalue weighted by atomic mass is 15.1. The van der Waals surface area contributed by atoms with Crippen LogP contribution in [-0.2, 0) is 5.41 Å². The second kappa shape index (κ2) is 13.9.